The third-order valence-corrected chi connectivity index (χ3v) is 2.83. The van der Waals surface area contributed by atoms with Crippen LogP contribution in [0.4, 0.5) is 0 Å². The van der Waals surface area contributed by atoms with E-state index < -0.39 is 0 Å². The fraction of sp³-hybridized carbons (Fsp3) is 0.167. The lowest BCUT2D eigenvalue weighted by Crippen LogP contribution is -1.99. The average Bonchev–Trinajstić information content (AvgIpc) is 2.29. The van der Waals surface area contributed by atoms with Gasteiger partial charge in [0.15, 0.2) is 0 Å². The molecule has 2 aromatic rings. The lowest BCUT2D eigenvalue weighted by molar-refractivity contribution is 0.855. The Bertz CT molecular complexity index is 442. The van der Waals surface area contributed by atoms with Gasteiger partial charge in [0.1, 0.15) is 10.9 Å². The number of hydrogen-bond donors (Lipinski definition) is 0. The summed E-state index contributed by atoms with van der Waals surface area (Å²) in [7, 11) is 0. The standard InChI is InChI=1S/C12H11BrN2/c1-9(10-5-3-2-4-6-10)11-7-12(13)15-8-14-11/h2-9H,1H3. The molecule has 2 nitrogen and oxygen atoms in total. The molecule has 0 bridgehead atoms. The molecule has 0 saturated heterocycles. The first kappa shape index (κ1) is 10.3. The molecule has 76 valence electrons. The molecule has 0 aliphatic rings. The zero-order valence-electron chi connectivity index (χ0n) is 8.39. The Morgan fingerprint density at radius 1 is 1.13 bits per heavy atom. The lowest BCUT2D eigenvalue weighted by atomic mass is 9.98. The highest BCUT2D eigenvalue weighted by atomic mass is 79.9. The quantitative estimate of drug-likeness (QED) is 0.776. The Hall–Kier alpha value is -1.22. The Morgan fingerprint density at radius 3 is 2.53 bits per heavy atom. The summed E-state index contributed by atoms with van der Waals surface area (Å²) in [4.78, 5) is 8.30. The molecule has 1 heterocycles. The normalized spacial score (nSPS) is 12.4. The van der Waals surface area contributed by atoms with Crippen molar-refractivity contribution in [3.63, 3.8) is 0 Å². The van der Waals surface area contributed by atoms with Crippen LogP contribution in [0.15, 0.2) is 47.3 Å². The molecule has 2 rings (SSSR count). The van der Waals surface area contributed by atoms with Gasteiger partial charge in [-0.3, -0.25) is 0 Å². The van der Waals surface area contributed by atoms with Gasteiger partial charge in [-0.25, -0.2) is 9.97 Å². The first-order valence-corrected chi connectivity index (χ1v) is 5.59. The zero-order valence-corrected chi connectivity index (χ0v) is 9.98. The first-order chi connectivity index (χ1) is 7.27. The van der Waals surface area contributed by atoms with Gasteiger partial charge in [0, 0.05) is 5.92 Å². The predicted molar refractivity (Wildman–Crippen MR) is 63.7 cm³/mol. The molecule has 3 heteroatoms. The molecule has 1 atom stereocenters. The van der Waals surface area contributed by atoms with Crippen LogP contribution < -0.4 is 0 Å². The Labute approximate surface area is 97.5 Å². The molecule has 1 aromatic carbocycles. The van der Waals surface area contributed by atoms with Crippen molar-refractivity contribution in [2.24, 2.45) is 0 Å². The molecule has 0 aliphatic carbocycles. The van der Waals surface area contributed by atoms with E-state index in [-0.39, 0.29) is 0 Å². The van der Waals surface area contributed by atoms with Gasteiger partial charge in [-0.2, -0.15) is 0 Å². The number of aromatic nitrogens is 2. The largest absolute Gasteiger partial charge is 0.241 e. The minimum absolute atomic E-state index is 0.297. The number of benzene rings is 1. The smallest absolute Gasteiger partial charge is 0.116 e. The molecular weight excluding hydrogens is 252 g/mol. The van der Waals surface area contributed by atoms with Crippen LogP contribution in [-0.4, -0.2) is 9.97 Å². The Kier molecular flexibility index (Phi) is 3.11. The molecule has 0 N–H and O–H groups in total. The van der Waals surface area contributed by atoms with Crippen molar-refractivity contribution in [3.05, 3.63) is 58.6 Å². The van der Waals surface area contributed by atoms with E-state index in [1.165, 1.54) is 5.56 Å². The first-order valence-electron chi connectivity index (χ1n) is 4.80. The van der Waals surface area contributed by atoms with Crippen molar-refractivity contribution in [1.82, 2.24) is 9.97 Å². The van der Waals surface area contributed by atoms with E-state index in [1.807, 2.05) is 24.3 Å². The Morgan fingerprint density at radius 2 is 1.87 bits per heavy atom. The molecule has 0 spiro atoms. The number of hydrogen-bond acceptors (Lipinski definition) is 2. The van der Waals surface area contributed by atoms with Crippen LogP contribution >= 0.6 is 15.9 Å². The summed E-state index contributed by atoms with van der Waals surface area (Å²) in [5, 5.41) is 0. The van der Waals surface area contributed by atoms with E-state index in [0.29, 0.717) is 5.92 Å². The second-order valence-electron chi connectivity index (χ2n) is 3.40. The lowest BCUT2D eigenvalue weighted by Gasteiger charge is -2.10. The summed E-state index contributed by atoms with van der Waals surface area (Å²) in [6.07, 6.45) is 1.58. The summed E-state index contributed by atoms with van der Waals surface area (Å²) in [6.45, 7) is 2.14. The van der Waals surface area contributed by atoms with Crippen LogP contribution in [0, 0.1) is 0 Å². The molecule has 15 heavy (non-hydrogen) atoms. The monoisotopic (exact) mass is 262 g/mol. The maximum absolute atomic E-state index is 4.27. The fourth-order valence-corrected chi connectivity index (χ4v) is 1.82. The predicted octanol–water partition coefficient (Wildman–Crippen LogP) is 3.39. The average molecular weight is 263 g/mol. The topological polar surface area (TPSA) is 25.8 Å². The van der Waals surface area contributed by atoms with E-state index in [0.717, 1.165) is 10.3 Å². The summed E-state index contributed by atoms with van der Waals surface area (Å²) < 4.78 is 0.829. The molecule has 0 radical (unpaired) electrons. The number of rotatable bonds is 2. The van der Waals surface area contributed by atoms with Crippen LogP contribution in [0.1, 0.15) is 24.1 Å². The third kappa shape index (κ3) is 2.42. The zero-order chi connectivity index (χ0) is 10.7. The van der Waals surface area contributed by atoms with E-state index >= 15 is 0 Å². The fourth-order valence-electron chi connectivity index (χ4n) is 1.50. The van der Waals surface area contributed by atoms with Gasteiger partial charge in [-0.05, 0) is 27.6 Å². The van der Waals surface area contributed by atoms with Crippen LogP contribution in [0.2, 0.25) is 0 Å². The number of nitrogens with zero attached hydrogens (tertiary/aromatic N) is 2. The van der Waals surface area contributed by atoms with Gasteiger partial charge in [-0.15, -0.1) is 0 Å². The van der Waals surface area contributed by atoms with Gasteiger partial charge < -0.3 is 0 Å². The molecule has 1 unspecified atom stereocenters. The van der Waals surface area contributed by atoms with E-state index in [1.54, 1.807) is 6.33 Å². The minimum Gasteiger partial charge on any atom is -0.241 e. The molecule has 0 aliphatic heterocycles. The highest BCUT2D eigenvalue weighted by Crippen LogP contribution is 2.22. The van der Waals surface area contributed by atoms with Gasteiger partial charge in [-0.1, -0.05) is 37.3 Å². The second kappa shape index (κ2) is 4.53. The molecule has 1 aromatic heterocycles. The molecule has 0 fully saturated rings. The van der Waals surface area contributed by atoms with Crippen LogP contribution in [0.5, 0.6) is 0 Å². The third-order valence-electron chi connectivity index (χ3n) is 2.40. The van der Waals surface area contributed by atoms with E-state index in [2.05, 4.69) is 45.0 Å². The highest BCUT2D eigenvalue weighted by Gasteiger charge is 2.09. The van der Waals surface area contributed by atoms with Crippen LogP contribution in [-0.2, 0) is 0 Å². The van der Waals surface area contributed by atoms with Crippen molar-refractivity contribution in [1.29, 1.82) is 0 Å². The second-order valence-corrected chi connectivity index (χ2v) is 4.21. The summed E-state index contributed by atoms with van der Waals surface area (Å²) in [5.74, 6) is 0.297. The van der Waals surface area contributed by atoms with Crippen molar-refractivity contribution in [2.75, 3.05) is 0 Å². The van der Waals surface area contributed by atoms with E-state index in [4.69, 9.17) is 0 Å². The van der Waals surface area contributed by atoms with Gasteiger partial charge in [0.05, 0.1) is 5.69 Å². The van der Waals surface area contributed by atoms with Crippen LogP contribution in [0.25, 0.3) is 0 Å². The van der Waals surface area contributed by atoms with Crippen molar-refractivity contribution in [2.45, 2.75) is 12.8 Å². The van der Waals surface area contributed by atoms with Gasteiger partial charge in [0.2, 0.25) is 0 Å². The highest BCUT2D eigenvalue weighted by molar-refractivity contribution is 9.10. The van der Waals surface area contributed by atoms with Crippen LogP contribution in [0.3, 0.4) is 0 Å². The minimum atomic E-state index is 0.297. The van der Waals surface area contributed by atoms with Gasteiger partial charge >= 0.3 is 0 Å². The Balaban J connectivity index is 2.32. The summed E-state index contributed by atoms with van der Waals surface area (Å²) in [6, 6.07) is 12.3. The van der Waals surface area contributed by atoms with E-state index in [9.17, 15) is 0 Å². The summed E-state index contributed by atoms with van der Waals surface area (Å²) in [5.41, 5.74) is 2.30. The van der Waals surface area contributed by atoms with Crippen molar-refractivity contribution in [3.8, 4) is 0 Å². The van der Waals surface area contributed by atoms with Gasteiger partial charge in [0.25, 0.3) is 0 Å². The molecule has 0 amide bonds. The SMILES string of the molecule is CC(c1ccccc1)c1cc(Br)ncn1. The maximum Gasteiger partial charge on any atom is 0.116 e. The molecular formula is C12H11BrN2. The van der Waals surface area contributed by atoms with Crippen molar-refractivity contribution >= 4 is 15.9 Å². The molecule has 0 saturated carbocycles. The van der Waals surface area contributed by atoms with Crippen molar-refractivity contribution < 1.29 is 0 Å². The maximum atomic E-state index is 4.27. The summed E-state index contributed by atoms with van der Waals surface area (Å²) >= 11 is 3.35. The number of halogens is 1.